The van der Waals surface area contributed by atoms with Gasteiger partial charge in [0.15, 0.2) is 5.69 Å². The van der Waals surface area contributed by atoms with Crippen molar-refractivity contribution in [2.75, 3.05) is 0 Å². The van der Waals surface area contributed by atoms with Gasteiger partial charge in [0.2, 0.25) is 0 Å². The molecule has 0 aliphatic rings. The van der Waals surface area contributed by atoms with E-state index in [1.807, 2.05) is 36.7 Å². The molecule has 0 fully saturated rings. The Balaban J connectivity index is 1.34. The summed E-state index contributed by atoms with van der Waals surface area (Å²) < 4.78 is 6.87. The van der Waals surface area contributed by atoms with Gasteiger partial charge >= 0.3 is 0 Å². The first kappa shape index (κ1) is 29.5. The zero-order chi connectivity index (χ0) is 35.0. The molecule has 0 aliphatic heterocycles. The Morgan fingerprint density at radius 2 is 1.17 bits per heavy atom. The van der Waals surface area contributed by atoms with E-state index in [1.54, 1.807) is 0 Å². The minimum absolute atomic E-state index is 0.639. The molecule has 3 nitrogen and oxygen atoms in total. The van der Waals surface area contributed by atoms with Crippen LogP contribution in [0.25, 0.3) is 114 Å². The Morgan fingerprint density at radius 1 is 0.434 bits per heavy atom. The highest BCUT2D eigenvalue weighted by Crippen LogP contribution is 2.50. The smallest absolute Gasteiger partial charge is 0.187 e. The zero-order valence-electron chi connectivity index (χ0n) is 28.5. The highest BCUT2D eigenvalue weighted by Gasteiger charge is 2.23. The topological polar surface area (TPSA) is 30.4 Å². The molecule has 11 aromatic rings. The molecule has 2 heterocycles. The Hall–Kier alpha value is -7.28. The van der Waals surface area contributed by atoms with Gasteiger partial charge in [0, 0.05) is 39.7 Å². The van der Waals surface area contributed by atoms with E-state index in [2.05, 4.69) is 143 Å². The summed E-state index contributed by atoms with van der Waals surface area (Å²) in [6.45, 7) is 7.66. The van der Waals surface area contributed by atoms with Crippen LogP contribution in [0.1, 0.15) is 0 Å². The van der Waals surface area contributed by atoms with Crippen LogP contribution in [0.15, 0.2) is 175 Å². The summed E-state index contributed by atoms with van der Waals surface area (Å²) in [5.41, 5.74) is 9.20. The second-order valence-corrected chi connectivity index (χ2v) is 13.8. The first-order valence-electron chi connectivity index (χ1n) is 17.8. The molecule has 0 aliphatic carbocycles. The molecule has 53 heavy (non-hydrogen) atoms. The number of benzene rings is 9. The minimum atomic E-state index is 0.639. The van der Waals surface area contributed by atoms with Gasteiger partial charge in [0.1, 0.15) is 11.2 Å². The molecule has 0 atom stereocenters. The van der Waals surface area contributed by atoms with E-state index in [0.29, 0.717) is 5.69 Å². The van der Waals surface area contributed by atoms with Crippen LogP contribution in [0.4, 0.5) is 5.69 Å². The normalized spacial score (nSPS) is 11.8. The van der Waals surface area contributed by atoms with Crippen LogP contribution in [-0.2, 0) is 0 Å². The lowest BCUT2D eigenvalue weighted by Gasteiger charge is -2.20. The van der Waals surface area contributed by atoms with Gasteiger partial charge in [-0.3, -0.25) is 4.98 Å². The van der Waals surface area contributed by atoms with E-state index in [1.165, 1.54) is 10.9 Å². The van der Waals surface area contributed by atoms with Crippen LogP contribution in [0.3, 0.4) is 0 Å². The molecular formula is C50H28N2O. The second-order valence-electron chi connectivity index (χ2n) is 13.8. The summed E-state index contributed by atoms with van der Waals surface area (Å²) in [6.07, 6.45) is 3.82. The summed E-state index contributed by atoms with van der Waals surface area (Å²) in [7, 11) is 0. The SMILES string of the molecule is [C-]#[N+]c1ccc2ccc(-c3c4ccccc4c(-c4c5ccccc5cc5c4oc4ccccc45)c4cc(-c5cccc6ccncc56)ccc34)cc2c1. The van der Waals surface area contributed by atoms with Gasteiger partial charge < -0.3 is 4.42 Å². The molecule has 2 aromatic heterocycles. The average molecular weight is 673 g/mol. The molecule has 0 radical (unpaired) electrons. The molecule has 0 N–H and O–H groups in total. The molecule has 0 bridgehead atoms. The number of fused-ring (bicyclic) bond motifs is 8. The third-order valence-electron chi connectivity index (χ3n) is 10.9. The lowest BCUT2D eigenvalue weighted by atomic mass is 9.82. The molecular weight excluding hydrogens is 645 g/mol. The summed E-state index contributed by atoms with van der Waals surface area (Å²) in [5, 5.41) is 13.6. The largest absolute Gasteiger partial charge is 0.455 e. The lowest BCUT2D eigenvalue weighted by Crippen LogP contribution is -1.93. The number of rotatable bonds is 3. The highest BCUT2D eigenvalue weighted by molar-refractivity contribution is 6.29. The van der Waals surface area contributed by atoms with Crippen molar-refractivity contribution in [1.82, 2.24) is 4.98 Å². The quantitative estimate of drug-likeness (QED) is 0.138. The fourth-order valence-electron chi connectivity index (χ4n) is 8.52. The number of aromatic nitrogens is 1. The maximum absolute atomic E-state index is 7.66. The zero-order valence-corrected chi connectivity index (χ0v) is 28.5. The molecule has 0 spiro atoms. The predicted molar refractivity (Wildman–Crippen MR) is 222 cm³/mol. The highest BCUT2D eigenvalue weighted by atomic mass is 16.3. The second kappa shape index (κ2) is 11.4. The molecule has 11 rings (SSSR count). The van der Waals surface area contributed by atoms with Gasteiger partial charge in [-0.1, -0.05) is 121 Å². The number of hydrogen-bond donors (Lipinski definition) is 0. The molecule has 0 unspecified atom stereocenters. The fourth-order valence-corrected chi connectivity index (χ4v) is 8.52. The maximum atomic E-state index is 7.66. The van der Waals surface area contributed by atoms with Gasteiger partial charge in [-0.25, -0.2) is 4.85 Å². The number of pyridine rings is 1. The van der Waals surface area contributed by atoms with E-state index in [-0.39, 0.29) is 0 Å². The molecule has 0 saturated carbocycles. The molecule has 3 heteroatoms. The van der Waals surface area contributed by atoms with Crippen molar-refractivity contribution >= 4 is 81.5 Å². The summed E-state index contributed by atoms with van der Waals surface area (Å²) in [5.74, 6) is 0. The third kappa shape index (κ3) is 4.43. The Kier molecular flexibility index (Phi) is 6.32. The van der Waals surface area contributed by atoms with Gasteiger partial charge in [-0.15, -0.1) is 0 Å². The number of furan rings is 1. The number of nitrogens with zero attached hydrogens (tertiary/aromatic N) is 2. The van der Waals surface area contributed by atoms with Crippen LogP contribution in [-0.4, -0.2) is 4.98 Å². The van der Waals surface area contributed by atoms with Crippen molar-refractivity contribution in [3.05, 3.63) is 182 Å². The number of hydrogen-bond acceptors (Lipinski definition) is 2. The van der Waals surface area contributed by atoms with Crippen LogP contribution in [0.2, 0.25) is 0 Å². The summed E-state index contributed by atoms with van der Waals surface area (Å²) in [4.78, 5) is 8.25. The van der Waals surface area contributed by atoms with E-state index in [4.69, 9.17) is 11.0 Å². The lowest BCUT2D eigenvalue weighted by molar-refractivity contribution is 0.670. The third-order valence-corrected chi connectivity index (χ3v) is 10.9. The van der Waals surface area contributed by atoms with E-state index < -0.39 is 0 Å². The van der Waals surface area contributed by atoms with Gasteiger partial charge in [0.25, 0.3) is 0 Å². The van der Waals surface area contributed by atoms with E-state index >= 15 is 0 Å². The summed E-state index contributed by atoms with van der Waals surface area (Å²) in [6, 6.07) is 56.1. The van der Waals surface area contributed by atoms with Crippen molar-refractivity contribution in [3.63, 3.8) is 0 Å². The van der Waals surface area contributed by atoms with Crippen molar-refractivity contribution in [3.8, 4) is 33.4 Å². The van der Waals surface area contributed by atoms with Crippen molar-refractivity contribution < 1.29 is 4.42 Å². The Labute approximate surface area is 304 Å². The van der Waals surface area contributed by atoms with Gasteiger partial charge in [-0.05, 0) is 107 Å². The molecule has 9 aromatic carbocycles. The van der Waals surface area contributed by atoms with Gasteiger partial charge in [0.05, 0.1) is 6.57 Å². The minimum Gasteiger partial charge on any atom is -0.455 e. The predicted octanol–water partition coefficient (Wildman–Crippen LogP) is 14.3. The first-order chi connectivity index (χ1) is 26.2. The Bertz CT molecular complexity index is 3360. The fraction of sp³-hybridized carbons (Fsp3) is 0. The average Bonchev–Trinajstić information content (AvgIpc) is 3.59. The van der Waals surface area contributed by atoms with Crippen molar-refractivity contribution in [1.29, 1.82) is 0 Å². The van der Waals surface area contributed by atoms with Crippen molar-refractivity contribution in [2.45, 2.75) is 0 Å². The monoisotopic (exact) mass is 672 g/mol. The standard InChI is InChI=1S/C50H28N2O/c1-51-36-21-19-30-17-18-34(25-35(30)26-36)47-40-13-4-5-14-41(40)48(43-27-33(20-22-42(43)47)37-15-8-10-31-23-24-52-29-45(31)37)49-38-11-3-2-9-32(38)28-44-39-12-6-7-16-46(39)53-50(44)49/h2-29H. The van der Waals surface area contributed by atoms with Gasteiger partial charge in [-0.2, -0.15) is 0 Å². The van der Waals surface area contributed by atoms with Crippen LogP contribution in [0.5, 0.6) is 0 Å². The molecule has 244 valence electrons. The number of para-hydroxylation sites is 1. The van der Waals surface area contributed by atoms with Crippen LogP contribution < -0.4 is 0 Å². The van der Waals surface area contributed by atoms with E-state index in [9.17, 15) is 0 Å². The van der Waals surface area contributed by atoms with E-state index in [0.717, 1.165) is 98.2 Å². The maximum Gasteiger partial charge on any atom is 0.187 e. The Morgan fingerprint density at radius 3 is 2.06 bits per heavy atom. The van der Waals surface area contributed by atoms with Crippen LogP contribution >= 0.6 is 0 Å². The first-order valence-corrected chi connectivity index (χ1v) is 17.8. The van der Waals surface area contributed by atoms with Crippen molar-refractivity contribution in [2.24, 2.45) is 0 Å². The van der Waals surface area contributed by atoms with Crippen LogP contribution in [0, 0.1) is 6.57 Å². The molecule has 0 amide bonds. The summed E-state index contributed by atoms with van der Waals surface area (Å²) >= 11 is 0. The molecule has 0 saturated heterocycles.